The summed E-state index contributed by atoms with van der Waals surface area (Å²) in [5.41, 5.74) is 4.19. The van der Waals surface area contributed by atoms with Crippen LogP contribution in [0.5, 0.6) is 0 Å². The van der Waals surface area contributed by atoms with Crippen LogP contribution in [0, 0.1) is 11.8 Å². The van der Waals surface area contributed by atoms with Gasteiger partial charge in [-0.2, -0.15) is 9.61 Å². The second kappa shape index (κ2) is 10.1. The number of unbranched alkanes of at least 4 members (excludes halogenated alkanes) is 1. The molecule has 34 heavy (non-hydrogen) atoms. The van der Waals surface area contributed by atoms with Crippen molar-refractivity contribution in [1.82, 2.24) is 24.8 Å². The van der Waals surface area contributed by atoms with Gasteiger partial charge in [-0.15, -0.1) is 10.2 Å². The molecule has 4 aromatic rings. The van der Waals surface area contributed by atoms with E-state index in [9.17, 15) is 4.79 Å². The first-order valence-corrected chi connectivity index (χ1v) is 12.3. The van der Waals surface area contributed by atoms with Gasteiger partial charge in [0.15, 0.2) is 11.5 Å². The lowest BCUT2D eigenvalue weighted by atomic mass is 9.79. The van der Waals surface area contributed by atoms with Gasteiger partial charge >= 0.3 is 0 Å². The summed E-state index contributed by atoms with van der Waals surface area (Å²) in [5, 5.41) is 16.4. The standard InChI is InChI=1S/C27H30N6O/c1-2-3-4-19-5-7-22(8-6-19)27(34)29-23-11-9-20(10-12-23)24-13-14-25-30-31-26(33(25)32-24)21-15-17-28-18-16-21/h9-19,22H,2-8H2,1H3,(H,29,34). The quantitative estimate of drug-likeness (QED) is 0.382. The molecule has 7 nitrogen and oxygen atoms in total. The van der Waals surface area contributed by atoms with Gasteiger partial charge in [0.25, 0.3) is 0 Å². The second-order valence-electron chi connectivity index (χ2n) is 9.17. The summed E-state index contributed by atoms with van der Waals surface area (Å²) < 4.78 is 1.75. The zero-order valence-electron chi connectivity index (χ0n) is 19.5. The van der Waals surface area contributed by atoms with Gasteiger partial charge in [0, 0.05) is 35.1 Å². The first-order chi connectivity index (χ1) is 16.7. The van der Waals surface area contributed by atoms with Crippen LogP contribution in [0.2, 0.25) is 0 Å². The smallest absolute Gasteiger partial charge is 0.227 e. The van der Waals surface area contributed by atoms with Gasteiger partial charge in [0.2, 0.25) is 5.91 Å². The number of amides is 1. The average molecular weight is 455 g/mol. The fourth-order valence-electron chi connectivity index (χ4n) is 4.80. The van der Waals surface area contributed by atoms with Gasteiger partial charge in [0.05, 0.1) is 5.69 Å². The molecular formula is C27H30N6O. The molecule has 5 rings (SSSR count). The summed E-state index contributed by atoms with van der Waals surface area (Å²) in [5.74, 6) is 1.75. The highest BCUT2D eigenvalue weighted by Crippen LogP contribution is 2.32. The van der Waals surface area contributed by atoms with Crippen LogP contribution in [0.1, 0.15) is 51.9 Å². The Morgan fingerprint density at radius 3 is 2.44 bits per heavy atom. The molecule has 0 aliphatic heterocycles. The molecule has 1 saturated carbocycles. The van der Waals surface area contributed by atoms with Gasteiger partial charge in [0.1, 0.15) is 0 Å². The summed E-state index contributed by atoms with van der Waals surface area (Å²) in [6, 6.07) is 15.5. The van der Waals surface area contributed by atoms with Crippen molar-refractivity contribution in [1.29, 1.82) is 0 Å². The monoisotopic (exact) mass is 454 g/mol. The van der Waals surface area contributed by atoms with Crippen molar-refractivity contribution in [3.63, 3.8) is 0 Å². The van der Waals surface area contributed by atoms with E-state index in [0.717, 1.165) is 41.3 Å². The van der Waals surface area contributed by atoms with E-state index in [1.54, 1.807) is 16.9 Å². The molecule has 1 aliphatic rings. The third-order valence-corrected chi connectivity index (χ3v) is 6.83. The number of carbonyl (C=O) groups excluding carboxylic acids is 1. The Kier molecular flexibility index (Phi) is 6.60. The van der Waals surface area contributed by atoms with Crippen LogP contribution in [-0.4, -0.2) is 30.7 Å². The number of pyridine rings is 1. The SMILES string of the molecule is CCCCC1CCC(C(=O)Nc2ccc(-c3ccc4nnc(-c5ccncc5)n4n3)cc2)CC1. The first-order valence-electron chi connectivity index (χ1n) is 12.3. The number of aromatic nitrogens is 5. The maximum atomic E-state index is 12.8. The maximum Gasteiger partial charge on any atom is 0.227 e. The number of hydrogen-bond donors (Lipinski definition) is 1. The zero-order valence-corrected chi connectivity index (χ0v) is 19.5. The Morgan fingerprint density at radius 1 is 0.941 bits per heavy atom. The maximum absolute atomic E-state index is 12.8. The largest absolute Gasteiger partial charge is 0.326 e. The van der Waals surface area contributed by atoms with E-state index >= 15 is 0 Å². The molecule has 0 saturated heterocycles. The van der Waals surface area contributed by atoms with Crippen molar-refractivity contribution in [2.24, 2.45) is 11.8 Å². The number of nitrogens with one attached hydrogen (secondary N) is 1. The van der Waals surface area contributed by atoms with Crippen LogP contribution in [-0.2, 0) is 4.79 Å². The van der Waals surface area contributed by atoms with Crippen molar-refractivity contribution in [2.45, 2.75) is 51.9 Å². The highest BCUT2D eigenvalue weighted by atomic mass is 16.1. The molecule has 0 spiro atoms. The van der Waals surface area contributed by atoms with Crippen LogP contribution in [0.3, 0.4) is 0 Å². The Morgan fingerprint density at radius 2 is 1.71 bits per heavy atom. The van der Waals surface area contributed by atoms with Crippen molar-refractivity contribution in [3.8, 4) is 22.6 Å². The fourth-order valence-corrected chi connectivity index (χ4v) is 4.80. The van der Waals surface area contributed by atoms with E-state index in [4.69, 9.17) is 5.10 Å². The van der Waals surface area contributed by atoms with Crippen LogP contribution in [0.4, 0.5) is 5.69 Å². The molecule has 1 N–H and O–H groups in total. The van der Waals surface area contributed by atoms with Crippen molar-refractivity contribution >= 4 is 17.2 Å². The summed E-state index contributed by atoms with van der Waals surface area (Å²) in [7, 11) is 0. The van der Waals surface area contributed by atoms with E-state index in [-0.39, 0.29) is 11.8 Å². The molecule has 174 valence electrons. The number of hydrogen-bond acceptors (Lipinski definition) is 5. The van der Waals surface area contributed by atoms with E-state index in [1.807, 2.05) is 48.5 Å². The van der Waals surface area contributed by atoms with E-state index < -0.39 is 0 Å². The predicted octanol–water partition coefficient (Wildman–Crippen LogP) is 5.79. The van der Waals surface area contributed by atoms with Crippen molar-refractivity contribution in [3.05, 3.63) is 60.9 Å². The minimum atomic E-state index is 0.127. The third kappa shape index (κ3) is 4.83. The molecular weight excluding hydrogens is 424 g/mol. The molecule has 3 heterocycles. The molecule has 3 aromatic heterocycles. The Hall–Kier alpha value is -3.61. The number of benzene rings is 1. The van der Waals surface area contributed by atoms with E-state index in [2.05, 4.69) is 27.4 Å². The van der Waals surface area contributed by atoms with Crippen LogP contribution in [0.15, 0.2) is 60.9 Å². The van der Waals surface area contributed by atoms with Crippen molar-refractivity contribution < 1.29 is 4.79 Å². The summed E-state index contributed by atoms with van der Waals surface area (Å²) in [6.45, 7) is 2.24. The number of carbonyl (C=O) groups is 1. The lowest BCUT2D eigenvalue weighted by molar-refractivity contribution is -0.121. The number of rotatable bonds is 7. The minimum absolute atomic E-state index is 0.127. The molecule has 0 bridgehead atoms. The van der Waals surface area contributed by atoms with Gasteiger partial charge < -0.3 is 5.32 Å². The Labute approximate surface area is 199 Å². The molecule has 1 fully saturated rings. The van der Waals surface area contributed by atoms with Crippen molar-refractivity contribution in [2.75, 3.05) is 5.32 Å². The molecule has 1 aromatic carbocycles. The molecule has 0 radical (unpaired) electrons. The van der Waals surface area contributed by atoms with Gasteiger partial charge in [-0.05, 0) is 68.0 Å². The highest BCUT2D eigenvalue weighted by molar-refractivity contribution is 5.92. The minimum Gasteiger partial charge on any atom is -0.326 e. The molecule has 0 unspecified atom stereocenters. The average Bonchev–Trinajstić information content (AvgIpc) is 3.32. The zero-order chi connectivity index (χ0) is 23.3. The predicted molar refractivity (Wildman–Crippen MR) is 133 cm³/mol. The normalized spacial score (nSPS) is 18.1. The number of nitrogens with zero attached hydrogens (tertiary/aromatic N) is 5. The van der Waals surface area contributed by atoms with Crippen LogP contribution < -0.4 is 5.32 Å². The highest BCUT2D eigenvalue weighted by Gasteiger charge is 2.26. The summed E-state index contributed by atoms with van der Waals surface area (Å²) in [4.78, 5) is 16.9. The third-order valence-electron chi connectivity index (χ3n) is 6.83. The lowest BCUT2D eigenvalue weighted by Crippen LogP contribution is -2.27. The van der Waals surface area contributed by atoms with E-state index in [1.165, 1.54) is 32.1 Å². The lowest BCUT2D eigenvalue weighted by Gasteiger charge is -2.27. The Balaban J connectivity index is 1.26. The number of fused-ring (bicyclic) bond motifs is 1. The van der Waals surface area contributed by atoms with Crippen LogP contribution in [0.25, 0.3) is 28.3 Å². The molecule has 7 heteroatoms. The molecule has 1 aliphatic carbocycles. The number of anilines is 1. The molecule has 0 atom stereocenters. The van der Waals surface area contributed by atoms with E-state index in [0.29, 0.717) is 11.5 Å². The first kappa shape index (κ1) is 22.2. The fraction of sp³-hybridized carbons (Fsp3) is 0.370. The van der Waals surface area contributed by atoms with Gasteiger partial charge in [-0.3, -0.25) is 9.78 Å². The van der Waals surface area contributed by atoms with Crippen LogP contribution >= 0.6 is 0 Å². The topological polar surface area (TPSA) is 85.1 Å². The summed E-state index contributed by atoms with van der Waals surface area (Å²) >= 11 is 0. The van der Waals surface area contributed by atoms with Gasteiger partial charge in [-0.25, -0.2) is 0 Å². The van der Waals surface area contributed by atoms with Gasteiger partial charge in [-0.1, -0.05) is 38.3 Å². The second-order valence-corrected chi connectivity index (χ2v) is 9.17. The Bertz CT molecular complexity index is 1240. The summed E-state index contributed by atoms with van der Waals surface area (Å²) in [6.07, 6.45) is 11.7. The molecule has 1 amide bonds.